The molecule has 0 aliphatic heterocycles. The monoisotopic (exact) mass is 282 g/mol. The van der Waals surface area contributed by atoms with Crippen LogP contribution in [0.5, 0.6) is 0 Å². The summed E-state index contributed by atoms with van der Waals surface area (Å²) in [6.07, 6.45) is 10.8. The lowest BCUT2D eigenvalue weighted by Gasteiger charge is -2.24. The van der Waals surface area contributed by atoms with Gasteiger partial charge in [-0.2, -0.15) is 5.10 Å². The van der Waals surface area contributed by atoms with E-state index in [1.54, 1.807) is 0 Å². The zero-order valence-corrected chi connectivity index (χ0v) is 13.3. The molecule has 2 rings (SSSR count). The number of aryl methyl sites for hydroxylation is 1. The van der Waals surface area contributed by atoms with Gasteiger partial charge in [0.1, 0.15) is 0 Å². The van der Waals surface area contributed by atoms with Crippen molar-refractivity contribution in [3.05, 3.63) is 18.0 Å². The Bertz CT molecular complexity index is 386. The molecule has 19 heavy (non-hydrogen) atoms. The Labute approximate surface area is 122 Å². The fraction of sp³-hybridized carbons (Fsp3) is 0.812. The van der Waals surface area contributed by atoms with Crippen molar-refractivity contribution in [1.82, 2.24) is 9.78 Å². The number of rotatable bonds is 4. The van der Waals surface area contributed by atoms with E-state index in [9.17, 15) is 0 Å². The normalized spacial score (nSPS) is 19.6. The summed E-state index contributed by atoms with van der Waals surface area (Å²) in [4.78, 5) is 0. The summed E-state index contributed by atoms with van der Waals surface area (Å²) < 4.78 is 2.19. The molecular formula is C16H27ClN2. The molecule has 3 heteroatoms. The van der Waals surface area contributed by atoms with E-state index in [4.69, 9.17) is 16.7 Å². The fourth-order valence-electron chi connectivity index (χ4n) is 2.77. The van der Waals surface area contributed by atoms with Crippen molar-refractivity contribution in [2.24, 2.45) is 5.41 Å². The highest BCUT2D eigenvalue weighted by Crippen LogP contribution is 2.29. The van der Waals surface area contributed by atoms with Gasteiger partial charge in [0, 0.05) is 11.6 Å². The Morgan fingerprint density at radius 1 is 1.32 bits per heavy atom. The van der Waals surface area contributed by atoms with Crippen LogP contribution in [0.25, 0.3) is 0 Å². The molecule has 1 unspecified atom stereocenters. The van der Waals surface area contributed by atoms with Crippen molar-refractivity contribution in [3.63, 3.8) is 0 Å². The minimum atomic E-state index is 0.174. The summed E-state index contributed by atoms with van der Waals surface area (Å²) >= 11 is 6.43. The van der Waals surface area contributed by atoms with Crippen molar-refractivity contribution < 1.29 is 0 Å². The molecule has 1 heterocycles. The van der Waals surface area contributed by atoms with E-state index in [0.717, 1.165) is 12.8 Å². The van der Waals surface area contributed by atoms with Gasteiger partial charge in [0.2, 0.25) is 0 Å². The molecule has 2 nitrogen and oxygen atoms in total. The zero-order chi connectivity index (χ0) is 13.9. The molecule has 0 amide bonds. The van der Waals surface area contributed by atoms with E-state index in [-0.39, 0.29) is 10.8 Å². The van der Waals surface area contributed by atoms with Gasteiger partial charge < -0.3 is 0 Å². The van der Waals surface area contributed by atoms with E-state index >= 15 is 0 Å². The quantitative estimate of drug-likeness (QED) is 0.713. The van der Waals surface area contributed by atoms with Crippen molar-refractivity contribution in [3.8, 4) is 0 Å². The molecule has 1 aromatic rings. The first-order valence-corrected chi connectivity index (χ1v) is 8.08. The van der Waals surface area contributed by atoms with Crippen molar-refractivity contribution in [2.45, 2.75) is 77.1 Å². The third-order valence-corrected chi connectivity index (χ3v) is 5.08. The molecule has 1 atom stereocenters. The third kappa shape index (κ3) is 4.24. The highest BCUT2D eigenvalue weighted by Gasteiger charge is 2.22. The maximum Gasteiger partial charge on any atom is 0.0625 e. The second-order valence-electron chi connectivity index (χ2n) is 6.95. The SMILES string of the molecule is CC(C)(C)C(Cl)CCc1ccn(C2CCCCC2)n1. The molecule has 1 aliphatic rings. The molecule has 1 saturated carbocycles. The van der Waals surface area contributed by atoms with Crippen LogP contribution in [0.2, 0.25) is 0 Å². The second-order valence-corrected chi connectivity index (χ2v) is 7.48. The molecule has 0 bridgehead atoms. The van der Waals surface area contributed by atoms with Crippen LogP contribution in [0.3, 0.4) is 0 Å². The lowest BCUT2D eigenvalue weighted by Crippen LogP contribution is -2.21. The summed E-state index contributed by atoms with van der Waals surface area (Å²) in [7, 11) is 0. The summed E-state index contributed by atoms with van der Waals surface area (Å²) in [5, 5.41) is 4.96. The number of halogens is 1. The average Bonchev–Trinajstić information content (AvgIpc) is 2.84. The molecule has 108 valence electrons. The molecule has 0 aromatic carbocycles. The van der Waals surface area contributed by atoms with Crippen LogP contribution >= 0.6 is 11.6 Å². The predicted molar refractivity (Wildman–Crippen MR) is 81.8 cm³/mol. The Kier molecular flexibility index (Phi) is 4.94. The minimum absolute atomic E-state index is 0.174. The van der Waals surface area contributed by atoms with E-state index in [2.05, 4.69) is 37.7 Å². The molecule has 1 aliphatic carbocycles. The maximum atomic E-state index is 6.43. The third-order valence-electron chi connectivity index (χ3n) is 4.21. The fourth-order valence-corrected chi connectivity index (χ4v) is 2.88. The van der Waals surface area contributed by atoms with Gasteiger partial charge in [-0.1, -0.05) is 40.0 Å². The van der Waals surface area contributed by atoms with E-state index in [0.29, 0.717) is 6.04 Å². The minimum Gasteiger partial charge on any atom is -0.269 e. The van der Waals surface area contributed by atoms with Crippen LogP contribution in [-0.2, 0) is 6.42 Å². The number of aromatic nitrogens is 2. The Morgan fingerprint density at radius 3 is 2.63 bits per heavy atom. The smallest absolute Gasteiger partial charge is 0.0625 e. The number of hydrogen-bond acceptors (Lipinski definition) is 1. The molecular weight excluding hydrogens is 256 g/mol. The standard InChI is InChI=1S/C16H27ClN2/c1-16(2,3)15(17)10-9-13-11-12-19(18-13)14-7-5-4-6-8-14/h11-12,14-15H,4-10H2,1-3H3. The Morgan fingerprint density at radius 2 is 2.00 bits per heavy atom. The molecule has 1 aromatic heterocycles. The molecule has 0 saturated heterocycles. The Hall–Kier alpha value is -0.500. The molecule has 1 fully saturated rings. The molecule has 0 spiro atoms. The first kappa shape index (κ1) is 14.9. The molecule has 0 N–H and O–H groups in total. The first-order chi connectivity index (χ1) is 8.97. The van der Waals surface area contributed by atoms with Gasteiger partial charge in [-0.25, -0.2) is 0 Å². The summed E-state index contributed by atoms with van der Waals surface area (Å²) in [6.45, 7) is 6.60. The number of nitrogens with zero attached hydrogens (tertiary/aromatic N) is 2. The second kappa shape index (κ2) is 6.30. The van der Waals surface area contributed by atoms with Crippen LogP contribution in [0.1, 0.15) is 71.0 Å². The largest absolute Gasteiger partial charge is 0.269 e. The summed E-state index contributed by atoms with van der Waals surface area (Å²) in [6, 6.07) is 2.80. The lowest BCUT2D eigenvalue weighted by atomic mass is 9.89. The van der Waals surface area contributed by atoms with Crippen LogP contribution in [-0.4, -0.2) is 15.2 Å². The van der Waals surface area contributed by atoms with E-state index in [1.165, 1.54) is 37.8 Å². The van der Waals surface area contributed by atoms with Gasteiger partial charge in [-0.3, -0.25) is 4.68 Å². The van der Waals surface area contributed by atoms with Crippen LogP contribution in [0.15, 0.2) is 12.3 Å². The summed E-state index contributed by atoms with van der Waals surface area (Å²) in [5.41, 5.74) is 1.37. The predicted octanol–water partition coefficient (Wildman–Crippen LogP) is 4.97. The van der Waals surface area contributed by atoms with Gasteiger partial charge in [-0.05, 0) is 37.2 Å². The van der Waals surface area contributed by atoms with Crippen molar-refractivity contribution in [2.75, 3.05) is 0 Å². The molecule has 0 radical (unpaired) electrons. The van der Waals surface area contributed by atoms with Crippen LogP contribution in [0.4, 0.5) is 0 Å². The van der Waals surface area contributed by atoms with Gasteiger partial charge in [0.15, 0.2) is 0 Å². The van der Waals surface area contributed by atoms with Gasteiger partial charge >= 0.3 is 0 Å². The number of hydrogen-bond donors (Lipinski definition) is 0. The van der Waals surface area contributed by atoms with Crippen molar-refractivity contribution in [1.29, 1.82) is 0 Å². The lowest BCUT2D eigenvalue weighted by molar-refractivity contribution is 0.327. The van der Waals surface area contributed by atoms with Crippen LogP contribution < -0.4 is 0 Å². The summed E-state index contributed by atoms with van der Waals surface area (Å²) in [5.74, 6) is 0. The number of alkyl halides is 1. The topological polar surface area (TPSA) is 17.8 Å². The van der Waals surface area contributed by atoms with Gasteiger partial charge in [-0.15, -0.1) is 11.6 Å². The zero-order valence-electron chi connectivity index (χ0n) is 12.5. The first-order valence-electron chi connectivity index (χ1n) is 7.65. The maximum absolute atomic E-state index is 6.43. The average molecular weight is 283 g/mol. The van der Waals surface area contributed by atoms with E-state index < -0.39 is 0 Å². The highest BCUT2D eigenvalue weighted by molar-refractivity contribution is 6.21. The van der Waals surface area contributed by atoms with Gasteiger partial charge in [0.05, 0.1) is 11.7 Å². The highest BCUT2D eigenvalue weighted by atomic mass is 35.5. The van der Waals surface area contributed by atoms with Gasteiger partial charge in [0.25, 0.3) is 0 Å². The van der Waals surface area contributed by atoms with Crippen molar-refractivity contribution >= 4 is 11.6 Å². The Balaban J connectivity index is 1.87. The van der Waals surface area contributed by atoms with Crippen LogP contribution in [0, 0.1) is 5.41 Å². The van der Waals surface area contributed by atoms with E-state index in [1.807, 2.05) is 0 Å².